The van der Waals surface area contributed by atoms with Crippen molar-refractivity contribution in [2.24, 2.45) is 0 Å². The molecule has 2 aliphatic heterocycles. The van der Waals surface area contributed by atoms with Crippen LogP contribution in [0.2, 0.25) is 5.02 Å². The number of imidazole rings is 1. The molecule has 10 atom stereocenters. The number of nitrogens with zero attached hydrogens (tertiary/aromatic N) is 6. The number of amides is 1. The molecule has 1 amide bonds. The van der Waals surface area contributed by atoms with Gasteiger partial charge in [-0.15, -0.1) is 6.58 Å². The van der Waals surface area contributed by atoms with Crippen LogP contribution in [0.4, 0.5) is 11.6 Å². The number of halogens is 1. The molecule has 2 saturated heterocycles. The Kier molecular flexibility index (Phi) is 14.9. The van der Waals surface area contributed by atoms with Gasteiger partial charge in [0.05, 0.1) is 19.5 Å². The van der Waals surface area contributed by atoms with Gasteiger partial charge in [-0.1, -0.05) is 29.8 Å². The lowest BCUT2D eigenvalue weighted by Gasteiger charge is -2.26. The molecule has 25 nitrogen and oxygen atoms in total. The highest BCUT2D eigenvalue weighted by molar-refractivity contribution is 7.47. The molecule has 0 aliphatic carbocycles. The minimum atomic E-state index is -5.42. The van der Waals surface area contributed by atoms with Crippen LogP contribution in [-0.4, -0.2) is 122 Å². The smallest absolute Gasteiger partial charge is 0.455 e. The number of nitrogens with two attached hydrogens (primary N) is 2. The first-order valence-corrected chi connectivity index (χ1v) is 21.9. The van der Waals surface area contributed by atoms with E-state index in [1.54, 1.807) is 24.3 Å². The summed E-state index contributed by atoms with van der Waals surface area (Å²) < 4.78 is 59.5. The lowest BCUT2D eigenvalue weighted by Crippen LogP contribution is -2.46. The maximum atomic E-state index is 13.9. The molecule has 336 valence electrons. The number of benzene rings is 1. The number of hydrogen-bond donors (Lipinski definition) is 8. The van der Waals surface area contributed by atoms with E-state index >= 15 is 0 Å². The summed E-state index contributed by atoms with van der Waals surface area (Å²) in [7, 11) is -10.6. The number of nitrogens with one attached hydrogen (secondary N) is 1. The molecule has 0 spiro atoms. The second kappa shape index (κ2) is 19.8. The second-order valence-corrected chi connectivity index (χ2v) is 17.0. The van der Waals surface area contributed by atoms with Crippen molar-refractivity contribution < 1.29 is 71.4 Å². The molecule has 0 saturated carbocycles. The third-order valence-electron chi connectivity index (χ3n) is 9.53. The molecule has 1 unspecified atom stereocenters. The van der Waals surface area contributed by atoms with Crippen molar-refractivity contribution in [3.05, 3.63) is 82.9 Å². The maximum absolute atomic E-state index is 13.9. The van der Waals surface area contributed by atoms with E-state index in [0.717, 1.165) is 22.7 Å². The third kappa shape index (κ3) is 11.4. The molecular formula is C34H42ClN9O16P2. The monoisotopic (exact) mass is 929 g/mol. The average molecular weight is 930 g/mol. The van der Waals surface area contributed by atoms with Gasteiger partial charge in [0.25, 0.3) is 0 Å². The highest BCUT2D eigenvalue weighted by Crippen LogP contribution is 2.50. The first kappa shape index (κ1) is 46.8. The summed E-state index contributed by atoms with van der Waals surface area (Å²) >= 11 is 6.14. The van der Waals surface area contributed by atoms with Crippen LogP contribution in [0.1, 0.15) is 37.3 Å². The number of aromatic nitrogens is 6. The molecule has 1 aromatic carbocycles. The Morgan fingerprint density at radius 3 is 2.39 bits per heavy atom. The van der Waals surface area contributed by atoms with Gasteiger partial charge in [0, 0.05) is 17.6 Å². The molecule has 3 aromatic heterocycles. The van der Waals surface area contributed by atoms with Crippen LogP contribution in [0.15, 0.2) is 66.6 Å². The Hall–Kier alpha value is -4.72. The standard InChI is InChI=1S/C34H42ClN9O16P2/c1-2-3-7-23(45)41-19(9-8-17-5-4-6-18(35)12-17)33(48)59-27-20(57-32(25(27)46)44-16-40-24-29(37)38-15-39-30(24)44)14-56-62(53,54)60-28-21(13-55-61(50,51)52)58-31(26(28)47)43-11-10-22(36)42-34(43)49/h2,4-6,10-12,15-16,19-21,25-28,31-32,46-47H,1,3,7-9,13-14H2,(H,41,45)(H,53,54)(H2,36,42,49)(H2,37,38,39)(H2,50,51,52)/t19-,20+,21+,25+,26+,27+,28+,31+,32+/m0/s1. The summed E-state index contributed by atoms with van der Waals surface area (Å²) in [6, 6.07) is 6.69. The van der Waals surface area contributed by atoms with E-state index in [-0.39, 0.29) is 42.1 Å². The number of phosphoric ester groups is 2. The van der Waals surface area contributed by atoms with Gasteiger partial charge in [0.15, 0.2) is 30.0 Å². The maximum Gasteiger partial charge on any atom is 0.472 e. The fraction of sp³-hybridized carbons (Fsp3) is 0.441. The Labute approximate surface area is 355 Å². The molecule has 4 aromatic rings. The van der Waals surface area contributed by atoms with Gasteiger partial charge in [0.1, 0.15) is 54.2 Å². The van der Waals surface area contributed by atoms with Crippen molar-refractivity contribution in [1.82, 2.24) is 34.4 Å². The minimum Gasteiger partial charge on any atom is -0.455 e. The van der Waals surface area contributed by atoms with E-state index in [0.29, 0.717) is 11.4 Å². The minimum absolute atomic E-state index is 0.00748. The number of rotatable bonds is 19. The van der Waals surface area contributed by atoms with Gasteiger partial charge < -0.3 is 55.9 Å². The van der Waals surface area contributed by atoms with Crippen LogP contribution in [0.25, 0.3) is 11.2 Å². The van der Waals surface area contributed by atoms with Crippen LogP contribution >= 0.6 is 27.2 Å². The predicted octanol–water partition coefficient (Wildman–Crippen LogP) is 0.0247. The van der Waals surface area contributed by atoms with Gasteiger partial charge in [-0.3, -0.25) is 27.5 Å². The zero-order valence-electron chi connectivity index (χ0n) is 32.2. The quantitative estimate of drug-likeness (QED) is 0.0349. The van der Waals surface area contributed by atoms with Crippen LogP contribution in [-0.2, 0) is 52.9 Å². The summed E-state index contributed by atoms with van der Waals surface area (Å²) in [5, 5.41) is 25.9. The number of phosphoric acid groups is 2. The number of allylic oxidation sites excluding steroid dienone is 1. The van der Waals surface area contributed by atoms with E-state index in [1.165, 1.54) is 23.0 Å². The van der Waals surface area contributed by atoms with E-state index in [1.807, 2.05) is 0 Å². The SMILES string of the molecule is C=CCCC(=O)N[C@@H](CCc1cccc(Cl)c1)C(=O)O[C@H]1[C@@H](O)[C@H](n2cnc3c(N)ncnc32)O[C@@H]1COP(=O)(O)O[C@H]1[C@@H](O)[C@H](n2ccc(N)nc2=O)O[C@@H]1COP(=O)(O)O. The van der Waals surface area contributed by atoms with Gasteiger partial charge in [-0.2, -0.15) is 4.98 Å². The molecule has 2 aliphatic rings. The lowest BCUT2D eigenvalue weighted by atomic mass is 10.0. The second-order valence-electron chi connectivity index (χ2n) is 13.9. The predicted molar refractivity (Wildman–Crippen MR) is 212 cm³/mol. The number of aliphatic hydroxyl groups is 2. The molecule has 62 heavy (non-hydrogen) atoms. The Bertz CT molecular complexity index is 2420. The zero-order valence-corrected chi connectivity index (χ0v) is 34.7. The molecule has 0 bridgehead atoms. The number of hydrogen-bond acceptors (Lipinski definition) is 19. The number of nitrogen functional groups attached to an aromatic ring is 2. The zero-order chi connectivity index (χ0) is 44.9. The average Bonchev–Trinajstić information content (AvgIpc) is 3.87. The number of carbonyl (C=O) groups is 2. The van der Waals surface area contributed by atoms with Gasteiger partial charge in [-0.05, 0) is 43.0 Å². The van der Waals surface area contributed by atoms with Gasteiger partial charge >= 0.3 is 27.3 Å². The molecule has 6 rings (SSSR count). The van der Waals surface area contributed by atoms with Crippen molar-refractivity contribution >= 4 is 61.9 Å². The molecule has 5 heterocycles. The Morgan fingerprint density at radius 1 is 1.00 bits per heavy atom. The van der Waals surface area contributed by atoms with E-state index < -0.39 is 102 Å². The number of aliphatic hydroxyl groups excluding tert-OH is 2. The number of anilines is 2. The van der Waals surface area contributed by atoms with Crippen LogP contribution in [0, 0.1) is 0 Å². The summed E-state index contributed by atoms with van der Waals surface area (Å²) in [6.07, 6.45) is -8.41. The Morgan fingerprint density at radius 2 is 1.69 bits per heavy atom. The topological polar surface area (TPSA) is 367 Å². The number of carbonyl (C=O) groups excluding carboxylic acids is 2. The highest BCUT2D eigenvalue weighted by atomic mass is 35.5. The number of fused-ring (bicyclic) bond motifs is 1. The molecular weight excluding hydrogens is 888 g/mol. The van der Waals surface area contributed by atoms with E-state index in [2.05, 4.69) is 36.4 Å². The van der Waals surface area contributed by atoms with Crippen LogP contribution < -0.4 is 22.5 Å². The van der Waals surface area contributed by atoms with Gasteiger partial charge in [0.2, 0.25) is 5.91 Å². The molecule has 2 fully saturated rings. The van der Waals surface area contributed by atoms with E-state index in [9.17, 15) is 48.4 Å². The van der Waals surface area contributed by atoms with E-state index in [4.69, 9.17) is 46.3 Å². The molecule has 10 N–H and O–H groups in total. The number of ether oxygens (including phenoxy) is 3. The van der Waals surface area contributed by atoms with Crippen LogP contribution in [0.5, 0.6) is 0 Å². The van der Waals surface area contributed by atoms with Crippen molar-refractivity contribution in [3.8, 4) is 0 Å². The molecule has 28 heteroatoms. The normalized spacial score (nSPS) is 25.3. The number of esters is 1. The van der Waals surface area contributed by atoms with Crippen molar-refractivity contribution in [3.63, 3.8) is 0 Å². The van der Waals surface area contributed by atoms with Crippen molar-refractivity contribution in [2.75, 3.05) is 24.7 Å². The first-order valence-electron chi connectivity index (χ1n) is 18.5. The largest absolute Gasteiger partial charge is 0.472 e. The van der Waals surface area contributed by atoms with Crippen LogP contribution in [0.3, 0.4) is 0 Å². The van der Waals surface area contributed by atoms with Crippen molar-refractivity contribution in [1.29, 1.82) is 0 Å². The Balaban J connectivity index is 1.25. The number of aryl methyl sites for hydroxylation is 1. The highest BCUT2D eigenvalue weighted by Gasteiger charge is 2.52. The summed E-state index contributed by atoms with van der Waals surface area (Å²) in [5.41, 5.74) is 11.4. The fourth-order valence-corrected chi connectivity index (χ4v) is 8.13. The summed E-state index contributed by atoms with van der Waals surface area (Å²) in [6.45, 7) is 1.61. The summed E-state index contributed by atoms with van der Waals surface area (Å²) in [4.78, 5) is 84.7. The van der Waals surface area contributed by atoms with Crippen molar-refractivity contribution in [2.45, 2.75) is 80.8 Å². The van der Waals surface area contributed by atoms with Gasteiger partial charge in [-0.25, -0.2) is 33.7 Å². The summed E-state index contributed by atoms with van der Waals surface area (Å²) in [5.74, 6) is -1.74. The third-order valence-corrected chi connectivity index (χ3v) is 11.2. The fourth-order valence-electron chi connectivity index (χ4n) is 6.61. The molecule has 0 radical (unpaired) electrons. The lowest BCUT2D eigenvalue weighted by molar-refractivity contribution is -0.160. The first-order chi connectivity index (χ1) is 29.3.